The molecule has 0 unspecified atom stereocenters. The van der Waals surface area contributed by atoms with Crippen molar-refractivity contribution in [3.63, 3.8) is 0 Å². The number of urea groups is 1. The monoisotopic (exact) mass is 271 g/mol. The highest BCUT2D eigenvalue weighted by Gasteiger charge is 2.41. The maximum Gasteiger partial charge on any atom is 0.320 e. The van der Waals surface area contributed by atoms with E-state index in [0.717, 1.165) is 0 Å². The van der Waals surface area contributed by atoms with Crippen molar-refractivity contribution in [3.05, 3.63) is 0 Å². The minimum absolute atomic E-state index is 0.0293. The van der Waals surface area contributed by atoms with Gasteiger partial charge in [0.05, 0.1) is 0 Å². The lowest BCUT2D eigenvalue weighted by molar-refractivity contribution is -0.137. The molecule has 1 aliphatic rings. The largest absolute Gasteiger partial charge is 0.481 e. The molecule has 1 saturated heterocycles. The van der Waals surface area contributed by atoms with Crippen LogP contribution in [0.4, 0.5) is 4.79 Å². The number of carboxylic acids is 1. The molecular weight excluding hydrogens is 250 g/mol. The number of nitrogens with zero attached hydrogens (tertiary/aromatic N) is 2. The molecule has 0 saturated carbocycles. The number of nitrogens with one attached hydrogen (secondary N) is 1. The maximum absolute atomic E-state index is 12.3. The van der Waals surface area contributed by atoms with Gasteiger partial charge in [-0.15, -0.1) is 0 Å². The summed E-state index contributed by atoms with van der Waals surface area (Å²) < 4.78 is 0. The molecule has 0 aromatic carbocycles. The fraction of sp³-hybridized carbons (Fsp3) is 0.750. The smallest absolute Gasteiger partial charge is 0.320 e. The topological polar surface area (TPSA) is 90.0 Å². The lowest BCUT2D eigenvalue weighted by atomic mass is 9.99. The summed E-state index contributed by atoms with van der Waals surface area (Å²) in [4.78, 5) is 37.4. The molecular formula is C12H21N3O4. The highest BCUT2D eigenvalue weighted by atomic mass is 16.4. The highest BCUT2D eigenvalue weighted by molar-refractivity contribution is 5.91. The highest BCUT2D eigenvalue weighted by Crippen LogP contribution is 2.19. The first-order valence-electron chi connectivity index (χ1n) is 6.29. The van der Waals surface area contributed by atoms with Crippen molar-refractivity contribution in [1.29, 1.82) is 0 Å². The molecule has 0 spiro atoms. The van der Waals surface area contributed by atoms with Crippen LogP contribution in [0.5, 0.6) is 0 Å². The van der Waals surface area contributed by atoms with E-state index in [1.54, 1.807) is 20.9 Å². The van der Waals surface area contributed by atoms with Gasteiger partial charge in [0.1, 0.15) is 5.54 Å². The van der Waals surface area contributed by atoms with Crippen LogP contribution in [0.2, 0.25) is 0 Å². The SMILES string of the molecule is CN(CCCC(=O)O)C(=O)N1CCNC(=O)C1(C)C. The zero-order chi connectivity index (χ0) is 14.6. The quantitative estimate of drug-likeness (QED) is 0.759. The summed E-state index contributed by atoms with van der Waals surface area (Å²) in [5, 5.41) is 11.3. The van der Waals surface area contributed by atoms with E-state index in [1.165, 1.54) is 9.80 Å². The number of carboxylic acid groups (broad SMARTS) is 1. The van der Waals surface area contributed by atoms with E-state index in [9.17, 15) is 14.4 Å². The Morgan fingerprint density at radius 3 is 2.68 bits per heavy atom. The maximum atomic E-state index is 12.3. The average molecular weight is 271 g/mol. The van der Waals surface area contributed by atoms with Gasteiger partial charge in [-0.25, -0.2) is 4.79 Å². The summed E-state index contributed by atoms with van der Waals surface area (Å²) >= 11 is 0. The van der Waals surface area contributed by atoms with E-state index in [2.05, 4.69) is 5.32 Å². The van der Waals surface area contributed by atoms with Crippen LogP contribution in [-0.2, 0) is 9.59 Å². The summed E-state index contributed by atoms with van der Waals surface area (Å²) in [6, 6.07) is -0.245. The number of hydrogen-bond donors (Lipinski definition) is 2. The van der Waals surface area contributed by atoms with Crippen molar-refractivity contribution in [1.82, 2.24) is 15.1 Å². The van der Waals surface area contributed by atoms with Crippen molar-refractivity contribution in [2.24, 2.45) is 0 Å². The van der Waals surface area contributed by atoms with Crippen LogP contribution >= 0.6 is 0 Å². The molecule has 19 heavy (non-hydrogen) atoms. The zero-order valence-corrected chi connectivity index (χ0v) is 11.6. The minimum Gasteiger partial charge on any atom is -0.481 e. The second kappa shape index (κ2) is 5.90. The number of rotatable bonds is 4. The Labute approximate surface area is 112 Å². The Bertz CT molecular complexity index is 381. The second-order valence-electron chi connectivity index (χ2n) is 5.17. The Morgan fingerprint density at radius 1 is 1.47 bits per heavy atom. The predicted octanol–water partition coefficient (Wildman–Crippen LogP) is 0.113. The van der Waals surface area contributed by atoms with E-state index in [0.29, 0.717) is 26.1 Å². The van der Waals surface area contributed by atoms with Crippen molar-refractivity contribution in [2.75, 3.05) is 26.7 Å². The first-order chi connectivity index (χ1) is 8.76. The summed E-state index contributed by atoms with van der Waals surface area (Å²) in [6.07, 6.45) is 0.430. The van der Waals surface area contributed by atoms with Gasteiger partial charge in [0, 0.05) is 33.1 Å². The van der Waals surface area contributed by atoms with E-state index >= 15 is 0 Å². The molecule has 1 fully saturated rings. The number of amides is 3. The van der Waals surface area contributed by atoms with Crippen LogP contribution in [0.3, 0.4) is 0 Å². The van der Waals surface area contributed by atoms with Gasteiger partial charge >= 0.3 is 12.0 Å². The lowest BCUT2D eigenvalue weighted by Gasteiger charge is -2.42. The van der Waals surface area contributed by atoms with Gasteiger partial charge in [0.15, 0.2) is 0 Å². The Kier molecular flexibility index (Phi) is 4.74. The first kappa shape index (κ1) is 15.3. The van der Waals surface area contributed by atoms with Gasteiger partial charge in [-0.2, -0.15) is 0 Å². The van der Waals surface area contributed by atoms with E-state index < -0.39 is 11.5 Å². The van der Waals surface area contributed by atoms with Crippen molar-refractivity contribution in [2.45, 2.75) is 32.2 Å². The second-order valence-corrected chi connectivity index (χ2v) is 5.17. The third-order valence-electron chi connectivity index (χ3n) is 3.29. The molecule has 0 atom stereocenters. The molecule has 0 aromatic rings. The fourth-order valence-electron chi connectivity index (χ4n) is 2.00. The van der Waals surface area contributed by atoms with Crippen LogP contribution in [0, 0.1) is 0 Å². The van der Waals surface area contributed by atoms with Crippen LogP contribution < -0.4 is 5.32 Å². The van der Waals surface area contributed by atoms with E-state index in [-0.39, 0.29) is 18.4 Å². The molecule has 2 N–H and O–H groups in total. The van der Waals surface area contributed by atoms with Crippen LogP contribution in [-0.4, -0.2) is 65.0 Å². The lowest BCUT2D eigenvalue weighted by Crippen LogP contribution is -2.65. The molecule has 1 heterocycles. The summed E-state index contributed by atoms with van der Waals surface area (Å²) in [6.45, 7) is 4.66. The van der Waals surface area contributed by atoms with Crippen molar-refractivity contribution >= 4 is 17.9 Å². The molecule has 0 radical (unpaired) electrons. The number of carbonyl (C=O) groups is 3. The standard InChI is InChI=1S/C12H21N3O4/c1-12(2)10(18)13-6-8-15(12)11(19)14(3)7-4-5-9(16)17/h4-8H2,1-3H3,(H,13,18)(H,16,17). The van der Waals surface area contributed by atoms with Crippen molar-refractivity contribution < 1.29 is 19.5 Å². The number of carbonyl (C=O) groups excluding carboxylic acids is 2. The van der Waals surface area contributed by atoms with Crippen LogP contribution in [0.15, 0.2) is 0 Å². The van der Waals surface area contributed by atoms with Gasteiger partial charge in [0.2, 0.25) is 5.91 Å². The normalized spacial score (nSPS) is 17.8. The van der Waals surface area contributed by atoms with Gasteiger partial charge < -0.3 is 20.2 Å². The first-order valence-corrected chi connectivity index (χ1v) is 6.29. The summed E-state index contributed by atoms with van der Waals surface area (Å²) in [5.74, 6) is -1.05. The number of aliphatic carboxylic acids is 1. The van der Waals surface area contributed by atoms with Gasteiger partial charge in [-0.3, -0.25) is 9.59 Å². The number of hydrogen-bond acceptors (Lipinski definition) is 3. The number of piperazine rings is 1. The Balaban J connectivity index is 2.60. The molecule has 0 aliphatic carbocycles. The van der Waals surface area contributed by atoms with E-state index in [1.807, 2.05) is 0 Å². The molecule has 3 amide bonds. The third-order valence-corrected chi connectivity index (χ3v) is 3.29. The fourth-order valence-corrected chi connectivity index (χ4v) is 2.00. The Hall–Kier alpha value is -1.79. The average Bonchev–Trinajstić information content (AvgIpc) is 2.31. The summed E-state index contributed by atoms with van der Waals surface area (Å²) in [7, 11) is 1.62. The molecule has 108 valence electrons. The third kappa shape index (κ3) is 3.59. The van der Waals surface area contributed by atoms with Gasteiger partial charge in [-0.1, -0.05) is 0 Å². The van der Waals surface area contributed by atoms with Gasteiger partial charge in [0.25, 0.3) is 0 Å². The van der Waals surface area contributed by atoms with E-state index in [4.69, 9.17) is 5.11 Å². The molecule has 0 aromatic heterocycles. The minimum atomic E-state index is -0.879. The van der Waals surface area contributed by atoms with Crippen molar-refractivity contribution in [3.8, 4) is 0 Å². The molecule has 7 nitrogen and oxygen atoms in total. The van der Waals surface area contributed by atoms with Crippen LogP contribution in [0.1, 0.15) is 26.7 Å². The molecule has 0 bridgehead atoms. The predicted molar refractivity (Wildman–Crippen MR) is 68.7 cm³/mol. The Morgan fingerprint density at radius 2 is 2.11 bits per heavy atom. The summed E-state index contributed by atoms with van der Waals surface area (Å²) in [5.41, 5.74) is -0.879. The molecule has 1 rings (SSSR count). The molecule has 1 aliphatic heterocycles. The molecule has 7 heteroatoms. The van der Waals surface area contributed by atoms with Gasteiger partial charge in [-0.05, 0) is 20.3 Å². The zero-order valence-electron chi connectivity index (χ0n) is 11.6. The van der Waals surface area contributed by atoms with Crippen LogP contribution in [0.25, 0.3) is 0 Å².